The van der Waals surface area contributed by atoms with Crippen LogP contribution in [-0.4, -0.2) is 59.0 Å². The Bertz CT molecular complexity index is 701. The molecule has 1 N–H and O–H groups in total. The molecule has 1 saturated carbocycles. The molecule has 0 unspecified atom stereocenters. The second-order valence-corrected chi connectivity index (χ2v) is 6.56. The molecule has 27 heavy (non-hydrogen) atoms. The van der Waals surface area contributed by atoms with Crippen LogP contribution in [0, 0.1) is 5.92 Å². The average molecular weight is 484 g/mol. The van der Waals surface area contributed by atoms with Crippen LogP contribution in [-0.2, 0) is 11.3 Å². The monoisotopic (exact) mass is 484 g/mol. The van der Waals surface area contributed by atoms with Gasteiger partial charge >= 0.3 is 0 Å². The van der Waals surface area contributed by atoms with E-state index in [1.807, 2.05) is 41.9 Å². The topological polar surface area (TPSA) is 67.6 Å². The maximum Gasteiger partial charge on any atom is 0.194 e. The van der Waals surface area contributed by atoms with Gasteiger partial charge in [-0.05, 0) is 37.8 Å². The van der Waals surface area contributed by atoms with Crippen LogP contribution >= 0.6 is 24.0 Å². The highest BCUT2D eigenvalue weighted by Gasteiger charge is 2.21. The molecule has 0 radical (unpaired) electrons. The van der Waals surface area contributed by atoms with Crippen LogP contribution in [0.3, 0.4) is 0 Å². The van der Waals surface area contributed by atoms with Gasteiger partial charge in [-0.15, -0.1) is 34.2 Å². The number of rotatable bonds is 9. The number of aromatic nitrogens is 3. The van der Waals surface area contributed by atoms with Crippen molar-refractivity contribution in [2.75, 3.05) is 33.4 Å². The van der Waals surface area contributed by atoms with Crippen molar-refractivity contribution in [1.29, 1.82) is 0 Å². The summed E-state index contributed by atoms with van der Waals surface area (Å²) in [6.45, 7) is 5.77. The second-order valence-electron chi connectivity index (χ2n) is 6.56. The van der Waals surface area contributed by atoms with E-state index in [9.17, 15) is 0 Å². The fraction of sp³-hybridized carbons (Fsp3) is 0.526. The molecule has 0 atom stereocenters. The lowest BCUT2D eigenvalue weighted by Gasteiger charge is -2.22. The number of para-hydroxylation sites is 1. The number of halogens is 1. The Morgan fingerprint density at radius 3 is 2.81 bits per heavy atom. The van der Waals surface area contributed by atoms with Gasteiger partial charge in [0.05, 0.1) is 6.61 Å². The average Bonchev–Trinajstić information content (AvgIpc) is 3.38. The molecule has 7 nitrogen and oxygen atoms in total. The summed E-state index contributed by atoms with van der Waals surface area (Å²) in [6, 6.07) is 10.1. The smallest absolute Gasteiger partial charge is 0.194 e. The fourth-order valence-electron chi connectivity index (χ4n) is 2.63. The predicted octanol–water partition coefficient (Wildman–Crippen LogP) is 2.71. The van der Waals surface area contributed by atoms with E-state index in [4.69, 9.17) is 9.73 Å². The van der Waals surface area contributed by atoms with E-state index in [2.05, 4.69) is 27.3 Å². The lowest BCUT2D eigenvalue weighted by molar-refractivity contribution is 0.115. The Balaban J connectivity index is 0.00000261. The molecular weight excluding hydrogens is 455 g/mol. The quantitative estimate of drug-likeness (QED) is 0.257. The minimum atomic E-state index is 0. The molecule has 0 spiro atoms. The van der Waals surface area contributed by atoms with Crippen LogP contribution in [0.2, 0.25) is 0 Å². The van der Waals surface area contributed by atoms with Crippen LogP contribution in [0.4, 0.5) is 0 Å². The highest BCUT2D eigenvalue weighted by Crippen LogP contribution is 2.28. The van der Waals surface area contributed by atoms with Gasteiger partial charge < -0.3 is 15.0 Å². The van der Waals surface area contributed by atoms with E-state index >= 15 is 0 Å². The first-order valence-electron chi connectivity index (χ1n) is 9.29. The van der Waals surface area contributed by atoms with Crippen LogP contribution < -0.4 is 5.32 Å². The molecule has 1 aliphatic carbocycles. The standard InChI is InChI=1S/C19H28N6O.HI/c1-3-20-19(24(2)11-12-26-14-16-9-10-16)21-13-18-23-22-15-25(18)17-7-5-4-6-8-17;/h4-8,15-16H,3,9-14H2,1-2H3,(H,20,21);1H. The molecule has 1 aliphatic rings. The van der Waals surface area contributed by atoms with Gasteiger partial charge in [0.15, 0.2) is 11.8 Å². The van der Waals surface area contributed by atoms with E-state index in [0.717, 1.165) is 49.7 Å². The maximum atomic E-state index is 5.73. The first kappa shape index (κ1) is 21.6. The molecule has 0 amide bonds. The Labute approximate surface area is 178 Å². The zero-order valence-corrected chi connectivity index (χ0v) is 18.4. The summed E-state index contributed by atoms with van der Waals surface area (Å²) >= 11 is 0. The number of nitrogens with zero attached hydrogens (tertiary/aromatic N) is 5. The summed E-state index contributed by atoms with van der Waals surface area (Å²) in [7, 11) is 2.03. The number of aliphatic imine (C=N–C) groups is 1. The lowest BCUT2D eigenvalue weighted by atomic mass is 10.3. The number of likely N-dealkylation sites (N-methyl/N-ethyl adjacent to an activating group) is 1. The summed E-state index contributed by atoms with van der Waals surface area (Å²) < 4.78 is 7.70. The highest BCUT2D eigenvalue weighted by molar-refractivity contribution is 14.0. The molecule has 1 aromatic heterocycles. The van der Waals surface area contributed by atoms with Crippen molar-refractivity contribution in [3.05, 3.63) is 42.5 Å². The zero-order chi connectivity index (χ0) is 18.2. The summed E-state index contributed by atoms with van der Waals surface area (Å²) in [6.07, 6.45) is 4.37. The van der Waals surface area contributed by atoms with Crippen molar-refractivity contribution in [3.8, 4) is 5.69 Å². The largest absolute Gasteiger partial charge is 0.379 e. The van der Waals surface area contributed by atoms with Crippen LogP contribution in [0.15, 0.2) is 41.7 Å². The van der Waals surface area contributed by atoms with Crippen molar-refractivity contribution in [1.82, 2.24) is 25.0 Å². The van der Waals surface area contributed by atoms with Crippen molar-refractivity contribution < 1.29 is 4.74 Å². The van der Waals surface area contributed by atoms with Crippen LogP contribution in [0.5, 0.6) is 0 Å². The van der Waals surface area contributed by atoms with E-state index in [1.165, 1.54) is 12.8 Å². The Morgan fingerprint density at radius 2 is 2.11 bits per heavy atom. The molecule has 0 saturated heterocycles. The van der Waals surface area contributed by atoms with Crippen LogP contribution in [0.1, 0.15) is 25.6 Å². The molecule has 148 valence electrons. The van der Waals surface area contributed by atoms with Crippen molar-refractivity contribution in [3.63, 3.8) is 0 Å². The van der Waals surface area contributed by atoms with Gasteiger partial charge in [0, 0.05) is 32.4 Å². The minimum absolute atomic E-state index is 0. The van der Waals surface area contributed by atoms with Gasteiger partial charge in [0.1, 0.15) is 12.9 Å². The Hall–Kier alpha value is -1.68. The third-order valence-corrected chi connectivity index (χ3v) is 4.34. The normalized spacial score (nSPS) is 13.9. The molecule has 3 rings (SSSR count). The number of hydrogen-bond donors (Lipinski definition) is 1. The summed E-state index contributed by atoms with van der Waals surface area (Å²) in [4.78, 5) is 6.82. The molecular formula is C19H29IN6O. The van der Waals surface area contributed by atoms with E-state index < -0.39 is 0 Å². The summed E-state index contributed by atoms with van der Waals surface area (Å²) in [5.41, 5.74) is 1.04. The van der Waals surface area contributed by atoms with E-state index in [-0.39, 0.29) is 24.0 Å². The number of ether oxygens (including phenoxy) is 1. The Kier molecular flexibility index (Phi) is 8.99. The first-order chi connectivity index (χ1) is 12.8. The second kappa shape index (κ2) is 11.2. The van der Waals surface area contributed by atoms with Crippen molar-refractivity contribution >= 4 is 29.9 Å². The molecule has 0 bridgehead atoms. The number of nitrogens with one attached hydrogen (secondary N) is 1. The fourth-order valence-corrected chi connectivity index (χ4v) is 2.63. The molecule has 1 fully saturated rings. The Morgan fingerprint density at radius 1 is 1.33 bits per heavy atom. The third kappa shape index (κ3) is 6.76. The number of hydrogen-bond acceptors (Lipinski definition) is 4. The SMILES string of the molecule is CCNC(=NCc1nncn1-c1ccccc1)N(C)CCOCC1CC1.I. The van der Waals surface area contributed by atoms with Gasteiger partial charge in [-0.25, -0.2) is 4.99 Å². The van der Waals surface area contributed by atoms with Gasteiger partial charge in [0.2, 0.25) is 0 Å². The maximum absolute atomic E-state index is 5.73. The summed E-state index contributed by atoms with van der Waals surface area (Å²) in [5.74, 6) is 2.46. The molecule has 1 heterocycles. The van der Waals surface area contributed by atoms with Gasteiger partial charge in [-0.3, -0.25) is 4.57 Å². The third-order valence-electron chi connectivity index (χ3n) is 4.34. The van der Waals surface area contributed by atoms with Gasteiger partial charge in [-0.1, -0.05) is 18.2 Å². The first-order valence-corrected chi connectivity index (χ1v) is 9.29. The number of guanidine groups is 1. The minimum Gasteiger partial charge on any atom is -0.379 e. The molecule has 8 heteroatoms. The van der Waals surface area contributed by atoms with Gasteiger partial charge in [0.25, 0.3) is 0 Å². The zero-order valence-electron chi connectivity index (χ0n) is 16.0. The highest BCUT2D eigenvalue weighted by atomic mass is 127. The van der Waals surface area contributed by atoms with Crippen molar-refractivity contribution in [2.24, 2.45) is 10.9 Å². The molecule has 2 aromatic rings. The predicted molar refractivity (Wildman–Crippen MR) is 118 cm³/mol. The number of benzene rings is 1. The molecule has 1 aromatic carbocycles. The lowest BCUT2D eigenvalue weighted by Crippen LogP contribution is -2.40. The van der Waals surface area contributed by atoms with E-state index in [1.54, 1.807) is 6.33 Å². The van der Waals surface area contributed by atoms with E-state index in [0.29, 0.717) is 6.54 Å². The van der Waals surface area contributed by atoms with Gasteiger partial charge in [-0.2, -0.15) is 0 Å². The summed E-state index contributed by atoms with van der Waals surface area (Å²) in [5, 5.41) is 11.6. The van der Waals surface area contributed by atoms with Crippen molar-refractivity contribution in [2.45, 2.75) is 26.3 Å². The molecule has 0 aliphatic heterocycles. The van der Waals surface area contributed by atoms with Crippen LogP contribution in [0.25, 0.3) is 5.69 Å².